The van der Waals surface area contributed by atoms with Gasteiger partial charge in [-0.25, -0.2) is 4.98 Å². The third-order valence-corrected chi connectivity index (χ3v) is 4.23. The Labute approximate surface area is 175 Å². The maximum absolute atomic E-state index is 12.3. The number of guanidine groups is 1. The minimum absolute atomic E-state index is 0. The van der Waals surface area contributed by atoms with Gasteiger partial charge >= 0.3 is 0 Å². The Morgan fingerprint density at radius 3 is 2.59 bits per heavy atom. The van der Waals surface area contributed by atoms with Gasteiger partial charge in [-0.1, -0.05) is 6.07 Å². The molecule has 1 fully saturated rings. The fourth-order valence-corrected chi connectivity index (χ4v) is 2.85. The van der Waals surface area contributed by atoms with Crippen LogP contribution >= 0.6 is 24.0 Å². The van der Waals surface area contributed by atoms with Gasteiger partial charge in [-0.2, -0.15) is 0 Å². The van der Waals surface area contributed by atoms with Crippen molar-refractivity contribution in [3.63, 3.8) is 0 Å². The van der Waals surface area contributed by atoms with Gasteiger partial charge in [0.1, 0.15) is 0 Å². The van der Waals surface area contributed by atoms with Crippen molar-refractivity contribution in [2.24, 2.45) is 4.99 Å². The summed E-state index contributed by atoms with van der Waals surface area (Å²) in [6, 6.07) is 9.07. The maximum atomic E-state index is 12.3. The number of carbonyl (C=O) groups excluding carboxylic acids is 1. The fourth-order valence-electron chi connectivity index (χ4n) is 2.85. The van der Waals surface area contributed by atoms with E-state index in [1.807, 2.05) is 18.2 Å². The third kappa shape index (κ3) is 5.34. The first kappa shape index (κ1) is 21.0. The largest absolute Gasteiger partial charge is 0.481 e. The molecule has 0 atom stereocenters. The smallest absolute Gasteiger partial charge is 0.289 e. The van der Waals surface area contributed by atoms with Crippen molar-refractivity contribution in [3.05, 3.63) is 48.0 Å². The van der Waals surface area contributed by atoms with Gasteiger partial charge in [0.25, 0.3) is 5.91 Å². The van der Waals surface area contributed by atoms with Gasteiger partial charge in [0, 0.05) is 39.3 Å². The van der Waals surface area contributed by atoms with Crippen molar-refractivity contribution in [2.45, 2.75) is 6.54 Å². The number of amides is 1. The number of ether oxygens (including phenoxy) is 1. The summed E-state index contributed by atoms with van der Waals surface area (Å²) in [5.41, 5.74) is 0.872. The number of carbonyl (C=O) groups is 1. The lowest BCUT2D eigenvalue weighted by molar-refractivity contribution is 0.0657. The molecule has 0 saturated carbocycles. The van der Waals surface area contributed by atoms with Crippen LogP contribution in [0.1, 0.15) is 16.2 Å². The molecule has 0 aliphatic carbocycles. The van der Waals surface area contributed by atoms with Crippen molar-refractivity contribution in [1.29, 1.82) is 0 Å². The SMILES string of the molecule is CN=C(NCc1cccc(OC)n1)N1CCN(C(=O)c2ccco2)CC1.I. The molecular weight excluding hydrogens is 461 g/mol. The van der Waals surface area contributed by atoms with E-state index in [0.29, 0.717) is 44.4 Å². The highest BCUT2D eigenvalue weighted by atomic mass is 127. The van der Waals surface area contributed by atoms with E-state index < -0.39 is 0 Å². The first-order valence-electron chi connectivity index (χ1n) is 8.49. The fraction of sp³-hybridized carbons (Fsp3) is 0.389. The van der Waals surface area contributed by atoms with Crippen molar-refractivity contribution in [1.82, 2.24) is 20.1 Å². The van der Waals surface area contributed by atoms with Gasteiger partial charge in [0.05, 0.1) is 25.6 Å². The molecule has 1 aliphatic heterocycles. The number of nitrogens with one attached hydrogen (secondary N) is 1. The first-order valence-corrected chi connectivity index (χ1v) is 8.49. The number of rotatable bonds is 4. The number of piperazine rings is 1. The lowest BCUT2D eigenvalue weighted by Crippen LogP contribution is -2.53. The predicted molar refractivity (Wildman–Crippen MR) is 113 cm³/mol. The second kappa shape index (κ2) is 10.1. The summed E-state index contributed by atoms with van der Waals surface area (Å²) in [5.74, 6) is 1.69. The molecular formula is C18H24IN5O3. The Morgan fingerprint density at radius 1 is 1.22 bits per heavy atom. The molecule has 0 unspecified atom stereocenters. The molecule has 3 rings (SSSR count). The Kier molecular flexibility index (Phi) is 7.89. The summed E-state index contributed by atoms with van der Waals surface area (Å²) < 4.78 is 10.3. The average molecular weight is 485 g/mol. The van der Waals surface area contributed by atoms with E-state index in [-0.39, 0.29) is 29.9 Å². The number of nitrogens with zero attached hydrogens (tertiary/aromatic N) is 4. The van der Waals surface area contributed by atoms with Gasteiger partial charge in [-0.15, -0.1) is 24.0 Å². The summed E-state index contributed by atoms with van der Waals surface area (Å²) >= 11 is 0. The van der Waals surface area contributed by atoms with Crippen LogP contribution in [-0.2, 0) is 6.54 Å². The Hall–Kier alpha value is -2.30. The van der Waals surface area contributed by atoms with Gasteiger partial charge in [0.15, 0.2) is 11.7 Å². The second-order valence-corrected chi connectivity index (χ2v) is 5.83. The normalized spacial score (nSPS) is 14.5. The molecule has 1 amide bonds. The second-order valence-electron chi connectivity index (χ2n) is 5.83. The molecule has 0 bridgehead atoms. The van der Waals surface area contributed by atoms with Gasteiger partial charge < -0.3 is 24.3 Å². The standard InChI is InChI=1S/C18H23N5O3.HI/c1-19-18(20-13-14-5-3-7-16(21-14)25-2)23-10-8-22(9-11-23)17(24)15-6-4-12-26-15;/h3-7,12H,8-11,13H2,1-2H3,(H,19,20);1H. The quantitative estimate of drug-likeness (QED) is 0.405. The molecule has 0 spiro atoms. The molecule has 3 heterocycles. The predicted octanol–water partition coefficient (Wildman–Crippen LogP) is 1.83. The third-order valence-electron chi connectivity index (χ3n) is 4.23. The Bertz CT molecular complexity index is 758. The molecule has 27 heavy (non-hydrogen) atoms. The highest BCUT2D eigenvalue weighted by Gasteiger charge is 2.25. The summed E-state index contributed by atoms with van der Waals surface area (Å²) in [5, 5.41) is 3.31. The number of methoxy groups -OCH3 is 1. The molecule has 0 radical (unpaired) electrons. The number of aliphatic imine (C=N–C) groups is 1. The molecule has 0 aromatic carbocycles. The number of aromatic nitrogens is 1. The molecule has 2 aromatic rings. The van der Waals surface area contributed by atoms with Crippen LogP contribution in [0.3, 0.4) is 0 Å². The van der Waals surface area contributed by atoms with E-state index in [1.54, 1.807) is 31.2 Å². The van der Waals surface area contributed by atoms with E-state index in [1.165, 1.54) is 6.26 Å². The highest BCUT2D eigenvalue weighted by Crippen LogP contribution is 2.10. The number of hydrogen-bond donors (Lipinski definition) is 1. The van der Waals surface area contributed by atoms with Crippen LogP contribution in [0.5, 0.6) is 5.88 Å². The summed E-state index contributed by atoms with van der Waals surface area (Å²) in [6.45, 7) is 3.21. The lowest BCUT2D eigenvalue weighted by atomic mass is 10.3. The zero-order chi connectivity index (χ0) is 18.4. The van der Waals surface area contributed by atoms with Gasteiger partial charge in [-0.3, -0.25) is 9.79 Å². The number of hydrogen-bond acceptors (Lipinski definition) is 5. The summed E-state index contributed by atoms with van der Waals surface area (Å²) in [4.78, 5) is 25.0. The lowest BCUT2D eigenvalue weighted by Gasteiger charge is -2.36. The Balaban J connectivity index is 0.00000261. The topological polar surface area (TPSA) is 83.2 Å². The van der Waals surface area contributed by atoms with Crippen LogP contribution < -0.4 is 10.1 Å². The molecule has 2 aromatic heterocycles. The number of pyridine rings is 1. The summed E-state index contributed by atoms with van der Waals surface area (Å²) in [6.07, 6.45) is 1.52. The van der Waals surface area contributed by atoms with Crippen molar-refractivity contribution in [3.8, 4) is 5.88 Å². The van der Waals surface area contributed by atoms with E-state index >= 15 is 0 Å². The Morgan fingerprint density at radius 2 is 1.96 bits per heavy atom. The van der Waals surface area contributed by atoms with Crippen molar-refractivity contribution in [2.75, 3.05) is 40.3 Å². The van der Waals surface area contributed by atoms with Gasteiger partial charge in [-0.05, 0) is 18.2 Å². The van der Waals surface area contributed by atoms with Crippen LogP contribution in [0.25, 0.3) is 0 Å². The average Bonchev–Trinajstić information content (AvgIpc) is 3.23. The van der Waals surface area contributed by atoms with Crippen LogP contribution in [-0.4, -0.2) is 67.0 Å². The molecule has 1 N–H and O–H groups in total. The first-order chi connectivity index (χ1) is 12.7. The van der Waals surface area contributed by atoms with Crippen molar-refractivity contribution >= 4 is 35.8 Å². The van der Waals surface area contributed by atoms with E-state index in [2.05, 4.69) is 20.2 Å². The zero-order valence-electron chi connectivity index (χ0n) is 15.4. The minimum atomic E-state index is -0.0711. The molecule has 1 aliphatic rings. The molecule has 1 saturated heterocycles. The van der Waals surface area contributed by atoms with Crippen LogP contribution in [0.4, 0.5) is 0 Å². The number of halogens is 1. The van der Waals surface area contributed by atoms with E-state index in [9.17, 15) is 4.79 Å². The summed E-state index contributed by atoms with van der Waals surface area (Å²) in [7, 11) is 3.35. The van der Waals surface area contributed by atoms with Gasteiger partial charge in [0.2, 0.25) is 5.88 Å². The monoisotopic (exact) mass is 485 g/mol. The zero-order valence-corrected chi connectivity index (χ0v) is 17.8. The highest BCUT2D eigenvalue weighted by molar-refractivity contribution is 14.0. The van der Waals surface area contributed by atoms with Crippen LogP contribution in [0, 0.1) is 0 Å². The minimum Gasteiger partial charge on any atom is -0.481 e. The molecule has 146 valence electrons. The van der Waals surface area contributed by atoms with Crippen LogP contribution in [0.2, 0.25) is 0 Å². The number of furan rings is 1. The van der Waals surface area contributed by atoms with Crippen LogP contribution in [0.15, 0.2) is 46.0 Å². The van der Waals surface area contributed by atoms with E-state index in [4.69, 9.17) is 9.15 Å². The molecule has 8 nitrogen and oxygen atoms in total. The molecule has 9 heteroatoms. The van der Waals surface area contributed by atoms with E-state index in [0.717, 1.165) is 11.7 Å². The van der Waals surface area contributed by atoms with Crippen molar-refractivity contribution < 1.29 is 13.9 Å². The maximum Gasteiger partial charge on any atom is 0.289 e.